The molecule has 0 spiro atoms. The maximum absolute atomic E-state index is 5.00. The van der Waals surface area contributed by atoms with Crippen LogP contribution >= 0.6 is 23.1 Å². The van der Waals surface area contributed by atoms with E-state index in [1.807, 2.05) is 31.2 Å². The first-order chi connectivity index (χ1) is 11.3. The molecular formula is C15H17N5OS2. The van der Waals surface area contributed by atoms with Crippen molar-refractivity contribution in [2.75, 3.05) is 25.6 Å². The molecule has 0 saturated carbocycles. The topological polar surface area (TPSA) is 72.8 Å². The van der Waals surface area contributed by atoms with Crippen molar-refractivity contribution in [1.29, 1.82) is 0 Å². The van der Waals surface area contributed by atoms with Gasteiger partial charge in [0.15, 0.2) is 4.34 Å². The maximum atomic E-state index is 5.00. The lowest BCUT2D eigenvalue weighted by Crippen LogP contribution is -2.06. The number of hydrogen-bond donors (Lipinski definition) is 1. The average Bonchev–Trinajstić information content (AvgIpc) is 3.01. The van der Waals surface area contributed by atoms with E-state index < -0.39 is 0 Å². The van der Waals surface area contributed by atoms with Crippen molar-refractivity contribution < 1.29 is 4.74 Å². The van der Waals surface area contributed by atoms with E-state index in [2.05, 4.69) is 20.5 Å². The SMILES string of the molecule is COCCNc1nnc(SCc2nc3ccccc3nc2C)s1. The van der Waals surface area contributed by atoms with E-state index in [9.17, 15) is 0 Å². The lowest BCUT2D eigenvalue weighted by molar-refractivity contribution is 0.211. The zero-order valence-corrected chi connectivity index (χ0v) is 14.6. The fourth-order valence-corrected chi connectivity index (χ4v) is 3.78. The van der Waals surface area contributed by atoms with Crippen molar-refractivity contribution in [3.63, 3.8) is 0 Å². The van der Waals surface area contributed by atoms with Gasteiger partial charge in [-0.15, -0.1) is 10.2 Å². The van der Waals surface area contributed by atoms with E-state index in [1.54, 1.807) is 18.9 Å². The number of nitrogens with one attached hydrogen (secondary N) is 1. The highest BCUT2D eigenvalue weighted by molar-refractivity contribution is 8.00. The Morgan fingerprint density at radius 1 is 1.17 bits per heavy atom. The van der Waals surface area contributed by atoms with Gasteiger partial charge in [-0.25, -0.2) is 9.97 Å². The van der Waals surface area contributed by atoms with Crippen molar-refractivity contribution in [3.8, 4) is 0 Å². The molecule has 8 heteroatoms. The van der Waals surface area contributed by atoms with Gasteiger partial charge in [0.25, 0.3) is 0 Å². The number of para-hydroxylation sites is 2. The number of thioether (sulfide) groups is 1. The van der Waals surface area contributed by atoms with E-state index in [4.69, 9.17) is 9.72 Å². The molecule has 1 N–H and O–H groups in total. The van der Waals surface area contributed by atoms with Gasteiger partial charge in [0.1, 0.15) is 0 Å². The molecule has 1 aromatic carbocycles. The second-order valence-corrected chi connectivity index (χ2v) is 7.03. The summed E-state index contributed by atoms with van der Waals surface area (Å²) in [6.07, 6.45) is 0. The Kier molecular flexibility index (Phi) is 5.37. The van der Waals surface area contributed by atoms with Crippen molar-refractivity contribution in [1.82, 2.24) is 20.2 Å². The van der Waals surface area contributed by atoms with Crippen molar-refractivity contribution >= 4 is 39.3 Å². The Morgan fingerprint density at radius 2 is 1.96 bits per heavy atom. The molecule has 0 amide bonds. The summed E-state index contributed by atoms with van der Waals surface area (Å²) < 4.78 is 5.91. The van der Waals surface area contributed by atoms with E-state index in [-0.39, 0.29) is 0 Å². The molecule has 0 aliphatic rings. The highest BCUT2D eigenvalue weighted by Crippen LogP contribution is 2.28. The monoisotopic (exact) mass is 347 g/mol. The number of fused-ring (bicyclic) bond motifs is 1. The minimum absolute atomic E-state index is 0.647. The summed E-state index contributed by atoms with van der Waals surface area (Å²) in [4.78, 5) is 9.31. The first kappa shape index (κ1) is 16.1. The van der Waals surface area contributed by atoms with E-state index in [1.165, 1.54) is 11.3 Å². The normalized spacial score (nSPS) is 11.0. The fraction of sp³-hybridized carbons (Fsp3) is 0.333. The molecule has 0 aliphatic heterocycles. The summed E-state index contributed by atoms with van der Waals surface area (Å²) >= 11 is 3.17. The lowest BCUT2D eigenvalue weighted by atomic mass is 10.2. The molecule has 3 aromatic rings. The van der Waals surface area contributed by atoms with Gasteiger partial charge in [-0.2, -0.15) is 0 Å². The van der Waals surface area contributed by atoms with E-state index in [0.717, 1.165) is 44.2 Å². The van der Waals surface area contributed by atoms with Crippen LogP contribution in [0.25, 0.3) is 11.0 Å². The maximum Gasteiger partial charge on any atom is 0.206 e. The molecule has 6 nitrogen and oxygen atoms in total. The van der Waals surface area contributed by atoms with Crippen LogP contribution in [-0.4, -0.2) is 40.4 Å². The van der Waals surface area contributed by atoms with Gasteiger partial charge >= 0.3 is 0 Å². The highest BCUT2D eigenvalue weighted by Gasteiger charge is 2.09. The summed E-state index contributed by atoms with van der Waals surface area (Å²) in [5.41, 5.74) is 3.80. The van der Waals surface area contributed by atoms with Crippen LogP contribution in [0.4, 0.5) is 5.13 Å². The number of benzene rings is 1. The number of aromatic nitrogens is 4. The van der Waals surface area contributed by atoms with Crippen LogP contribution < -0.4 is 5.32 Å². The highest BCUT2D eigenvalue weighted by atomic mass is 32.2. The molecule has 3 rings (SSSR count). The molecular weight excluding hydrogens is 330 g/mol. The van der Waals surface area contributed by atoms with Crippen molar-refractivity contribution in [2.24, 2.45) is 0 Å². The predicted octanol–water partition coefficient (Wildman–Crippen LogP) is 3.14. The summed E-state index contributed by atoms with van der Waals surface area (Å²) in [6.45, 7) is 3.37. The lowest BCUT2D eigenvalue weighted by Gasteiger charge is -2.05. The molecule has 120 valence electrons. The molecule has 0 saturated heterocycles. The molecule has 0 fully saturated rings. The number of rotatable bonds is 7. The quantitative estimate of drug-likeness (QED) is 0.520. The van der Waals surface area contributed by atoms with Crippen LogP contribution in [0, 0.1) is 6.92 Å². The number of aryl methyl sites for hydroxylation is 1. The second-order valence-electron chi connectivity index (χ2n) is 4.83. The first-order valence-electron chi connectivity index (χ1n) is 7.17. The Morgan fingerprint density at radius 3 is 2.74 bits per heavy atom. The summed E-state index contributed by atoms with van der Waals surface area (Å²) in [5, 5.41) is 12.3. The van der Waals surface area contributed by atoms with Crippen LogP contribution in [0.2, 0.25) is 0 Å². The third-order valence-electron chi connectivity index (χ3n) is 3.16. The van der Waals surface area contributed by atoms with Crippen molar-refractivity contribution in [2.45, 2.75) is 17.0 Å². The predicted molar refractivity (Wildman–Crippen MR) is 94.1 cm³/mol. The van der Waals surface area contributed by atoms with E-state index in [0.29, 0.717) is 6.61 Å². The van der Waals surface area contributed by atoms with Crippen LogP contribution in [0.15, 0.2) is 28.6 Å². The van der Waals surface area contributed by atoms with Crippen LogP contribution in [0.3, 0.4) is 0 Å². The Balaban J connectivity index is 1.65. The third-order valence-corrected chi connectivity index (χ3v) is 5.19. The Bertz CT molecular complexity index is 792. The van der Waals surface area contributed by atoms with E-state index >= 15 is 0 Å². The van der Waals surface area contributed by atoms with Gasteiger partial charge in [-0.1, -0.05) is 35.2 Å². The van der Waals surface area contributed by atoms with Gasteiger partial charge in [0.05, 0.1) is 29.0 Å². The Labute approximate surface area is 142 Å². The molecule has 0 unspecified atom stereocenters. The van der Waals surface area contributed by atoms with Gasteiger partial charge in [-0.05, 0) is 19.1 Å². The van der Waals surface area contributed by atoms with Crippen LogP contribution in [0.5, 0.6) is 0 Å². The molecule has 2 aromatic heterocycles. The largest absolute Gasteiger partial charge is 0.383 e. The number of hydrogen-bond acceptors (Lipinski definition) is 8. The second kappa shape index (κ2) is 7.67. The molecule has 0 radical (unpaired) electrons. The van der Waals surface area contributed by atoms with Gasteiger partial charge in [0, 0.05) is 19.4 Å². The zero-order valence-electron chi connectivity index (χ0n) is 12.9. The van der Waals surface area contributed by atoms with Crippen LogP contribution in [-0.2, 0) is 10.5 Å². The Hall–Kier alpha value is -1.77. The fourth-order valence-electron chi connectivity index (χ4n) is 1.99. The third kappa shape index (κ3) is 4.15. The standard InChI is InChI=1S/C15H17N5OS2/c1-10-13(18-12-6-4-3-5-11(12)17-10)9-22-15-20-19-14(23-15)16-7-8-21-2/h3-6H,7-9H2,1-2H3,(H,16,19). The smallest absolute Gasteiger partial charge is 0.206 e. The van der Waals surface area contributed by atoms with Gasteiger partial charge in [0.2, 0.25) is 5.13 Å². The molecule has 2 heterocycles. The molecule has 0 aliphatic carbocycles. The minimum atomic E-state index is 0.647. The summed E-state index contributed by atoms with van der Waals surface area (Å²) in [6, 6.07) is 7.92. The first-order valence-corrected chi connectivity index (χ1v) is 8.98. The number of ether oxygens (including phenoxy) is 1. The molecule has 0 bridgehead atoms. The number of methoxy groups -OCH3 is 1. The molecule has 0 atom stereocenters. The molecule has 23 heavy (non-hydrogen) atoms. The van der Waals surface area contributed by atoms with Crippen molar-refractivity contribution in [3.05, 3.63) is 35.7 Å². The summed E-state index contributed by atoms with van der Waals surface area (Å²) in [7, 11) is 1.68. The average molecular weight is 347 g/mol. The van der Waals surface area contributed by atoms with Crippen LogP contribution in [0.1, 0.15) is 11.4 Å². The summed E-state index contributed by atoms with van der Waals surface area (Å²) in [5.74, 6) is 0.733. The minimum Gasteiger partial charge on any atom is -0.383 e. The number of anilines is 1. The number of nitrogens with zero attached hydrogens (tertiary/aromatic N) is 4. The van der Waals surface area contributed by atoms with Gasteiger partial charge in [-0.3, -0.25) is 0 Å². The zero-order chi connectivity index (χ0) is 16.1. The van der Waals surface area contributed by atoms with Gasteiger partial charge < -0.3 is 10.1 Å².